The molecule has 0 unspecified atom stereocenters. The Bertz CT molecular complexity index is 1060. The SMILES string of the molecule is C[C@H]1CCc2sc(-c3nnc(S[C@@H](C(=O)NC4CC4)c4ccc(F)cc4)o3)cc2C1. The third kappa shape index (κ3) is 4.30. The molecule has 2 atom stereocenters. The van der Waals surface area contributed by atoms with E-state index in [1.54, 1.807) is 23.5 Å². The first-order valence-corrected chi connectivity index (χ1v) is 11.9. The quantitative estimate of drug-likeness (QED) is 0.532. The minimum atomic E-state index is -0.572. The highest BCUT2D eigenvalue weighted by atomic mass is 32.2. The first kappa shape index (κ1) is 19.8. The lowest BCUT2D eigenvalue weighted by molar-refractivity contribution is -0.120. The highest BCUT2D eigenvalue weighted by Gasteiger charge is 2.31. The van der Waals surface area contributed by atoms with Crippen molar-refractivity contribution in [1.82, 2.24) is 15.5 Å². The average molecular weight is 444 g/mol. The molecule has 1 amide bonds. The molecule has 2 aliphatic carbocycles. The van der Waals surface area contributed by atoms with Crippen LogP contribution in [0.25, 0.3) is 10.8 Å². The highest BCUT2D eigenvalue weighted by molar-refractivity contribution is 8.00. The van der Waals surface area contributed by atoms with Gasteiger partial charge in [-0.1, -0.05) is 19.1 Å². The number of carbonyl (C=O) groups excluding carboxylic acids is 1. The molecule has 2 aromatic heterocycles. The summed E-state index contributed by atoms with van der Waals surface area (Å²) in [6, 6.07) is 8.39. The maximum Gasteiger partial charge on any atom is 0.278 e. The number of carbonyl (C=O) groups is 1. The number of hydrogen-bond donors (Lipinski definition) is 1. The van der Waals surface area contributed by atoms with Gasteiger partial charge < -0.3 is 9.73 Å². The summed E-state index contributed by atoms with van der Waals surface area (Å²) in [4.78, 5) is 15.2. The van der Waals surface area contributed by atoms with Gasteiger partial charge in [-0.25, -0.2) is 4.39 Å². The molecular weight excluding hydrogens is 421 g/mol. The zero-order valence-electron chi connectivity index (χ0n) is 16.6. The fraction of sp³-hybridized carbons (Fsp3) is 0.409. The van der Waals surface area contributed by atoms with Crippen LogP contribution in [0.3, 0.4) is 0 Å². The lowest BCUT2D eigenvalue weighted by atomic mass is 9.90. The van der Waals surface area contributed by atoms with Gasteiger partial charge in [0, 0.05) is 10.9 Å². The van der Waals surface area contributed by atoms with Crippen molar-refractivity contribution in [3.8, 4) is 10.8 Å². The minimum Gasteiger partial charge on any atom is -0.410 e. The Morgan fingerprint density at radius 2 is 2.07 bits per heavy atom. The molecule has 2 heterocycles. The summed E-state index contributed by atoms with van der Waals surface area (Å²) in [6.45, 7) is 2.28. The summed E-state index contributed by atoms with van der Waals surface area (Å²) >= 11 is 2.92. The van der Waals surface area contributed by atoms with Gasteiger partial charge in [-0.3, -0.25) is 4.79 Å². The number of amides is 1. The molecule has 1 N–H and O–H groups in total. The summed E-state index contributed by atoms with van der Waals surface area (Å²) in [5.41, 5.74) is 2.09. The highest BCUT2D eigenvalue weighted by Crippen LogP contribution is 2.40. The van der Waals surface area contributed by atoms with Crippen molar-refractivity contribution in [1.29, 1.82) is 0 Å². The fourth-order valence-electron chi connectivity index (χ4n) is 3.68. The lowest BCUT2D eigenvalue weighted by Gasteiger charge is -2.16. The van der Waals surface area contributed by atoms with E-state index in [-0.39, 0.29) is 17.8 Å². The van der Waals surface area contributed by atoms with Crippen molar-refractivity contribution in [2.45, 2.75) is 55.5 Å². The Hall–Kier alpha value is -2.19. The van der Waals surface area contributed by atoms with Gasteiger partial charge in [0.1, 0.15) is 11.1 Å². The molecule has 3 aromatic rings. The number of rotatable bonds is 6. The van der Waals surface area contributed by atoms with Gasteiger partial charge in [0.2, 0.25) is 5.91 Å². The Balaban J connectivity index is 1.37. The fourth-order valence-corrected chi connectivity index (χ4v) is 5.70. The van der Waals surface area contributed by atoms with Crippen LogP contribution in [0.4, 0.5) is 4.39 Å². The number of aryl methyl sites for hydroxylation is 1. The number of fused-ring (bicyclic) bond motifs is 1. The molecule has 5 nitrogen and oxygen atoms in total. The molecule has 0 bridgehead atoms. The van der Waals surface area contributed by atoms with E-state index in [1.165, 1.54) is 40.8 Å². The predicted molar refractivity (Wildman–Crippen MR) is 115 cm³/mol. The first-order chi connectivity index (χ1) is 14.5. The number of halogens is 1. The van der Waals surface area contributed by atoms with Crippen LogP contribution >= 0.6 is 23.1 Å². The number of nitrogens with zero attached hydrogens (tertiary/aromatic N) is 2. The summed E-state index contributed by atoms with van der Waals surface area (Å²) in [5.74, 6) is 0.746. The van der Waals surface area contributed by atoms with E-state index in [0.717, 1.165) is 30.6 Å². The van der Waals surface area contributed by atoms with Gasteiger partial charge in [-0.05, 0) is 79.1 Å². The van der Waals surface area contributed by atoms with E-state index < -0.39 is 5.25 Å². The van der Waals surface area contributed by atoms with Gasteiger partial charge in [0.15, 0.2) is 0 Å². The maximum atomic E-state index is 13.4. The molecule has 0 saturated heterocycles. The minimum absolute atomic E-state index is 0.116. The van der Waals surface area contributed by atoms with Crippen LogP contribution in [0, 0.1) is 11.7 Å². The number of thiophene rings is 1. The number of nitrogens with one attached hydrogen (secondary N) is 1. The average Bonchev–Trinajstić information content (AvgIpc) is 3.25. The molecule has 1 saturated carbocycles. The van der Waals surface area contributed by atoms with Crippen LogP contribution < -0.4 is 5.32 Å². The van der Waals surface area contributed by atoms with E-state index in [2.05, 4.69) is 28.5 Å². The molecule has 8 heteroatoms. The third-order valence-corrected chi connectivity index (χ3v) is 7.81. The Kier molecular flexibility index (Phi) is 5.37. The standard InChI is InChI=1S/C22H22FN3O2S2/c1-12-2-9-17-14(10-12)11-18(29-17)21-25-26-22(28-21)30-19(20(27)24-16-7-8-16)13-3-5-15(23)6-4-13/h3-6,11-12,16,19H,2,7-10H2,1H3,(H,24,27)/t12-,19+/m0/s1. The molecule has 0 aliphatic heterocycles. The summed E-state index contributed by atoms with van der Waals surface area (Å²) in [5, 5.41) is 11.2. The Morgan fingerprint density at radius 3 is 2.83 bits per heavy atom. The van der Waals surface area contributed by atoms with Gasteiger partial charge in [0.05, 0.1) is 4.88 Å². The van der Waals surface area contributed by atoms with Crippen LogP contribution in [0.15, 0.2) is 40.0 Å². The van der Waals surface area contributed by atoms with Crippen LogP contribution in [0.5, 0.6) is 0 Å². The number of hydrogen-bond acceptors (Lipinski definition) is 6. The molecule has 1 aromatic carbocycles. The van der Waals surface area contributed by atoms with Crippen molar-refractivity contribution in [2.24, 2.45) is 5.92 Å². The van der Waals surface area contributed by atoms with Crippen LogP contribution in [0.1, 0.15) is 47.4 Å². The van der Waals surface area contributed by atoms with E-state index in [4.69, 9.17) is 4.42 Å². The monoisotopic (exact) mass is 443 g/mol. The predicted octanol–water partition coefficient (Wildman–Crippen LogP) is 5.17. The molecule has 0 spiro atoms. The van der Waals surface area contributed by atoms with Crippen LogP contribution in [0.2, 0.25) is 0 Å². The molecule has 0 radical (unpaired) electrons. The lowest BCUT2D eigenvalue weighted by Crippen LogP contribution is -2.29. The summed E-state index contributed by atoms with van der Waals surface area (Å²) in [7, 11) is 0. The molecule has 30 heavy (non-hydrogen) atoms. The third-order valence-electron chi connectivity index (χ3n) is 5.50. The Morgan fingerprint density at radius 1 is 1.27 bits per heavy atom. The molecular formula is C22H22FN3O2S2. The second-order valence-electron chi connectivity index (χ2n) is 8.11. The zero-order valence-corrected chi connectivity index (χ0v) is 18.2. The first-order valence-electron chi connectivity index (χ1n) is 10.2. The van der Waals surface area contributed by atoms with Crippen molar-refractivity contribution in [3.63, 3.8) is 0 Å². The normalized spacial score (nSPS) is 19.3. The summed E-state index contributed by atoms with van der Waals surface area (Å²) in [6.07, 6.45) is 5.41. The van der Waals surface area contributed by atoms with Crippen molar-refractivity contribution < 1.29 is 13.6 Å². The number of aromatic nitrogens is 2. The smallest absolute Gasteiger partial charge is 0.278 e. The molecule has 1 fully saturated rings. The molecule has 5 rings (SSSR count). The topological polar surface area (TPSA) is 68.0 Å². The largest absolute Gasteiger partial charge is 0.410 e. The van der Waals surface area contributed by atoms with Gasteiger partial charge >= 0.3 is 0 Å². The second-order valence-corrected chi connectivity index (χ2v) is 10.3. The van der Waals surface area contributed by atoms with Crippen molar-refractivity contribution in [2.75, 3.05) is 0 Å². The van der Waals surface area contributed by atoms with Crippen LogP contribution in [-0.2, 0) is 17.6 Å². The van der Waals surface area contributed by atoms with Gasteiger partial charge in [-0.2, -0.15) is 0 Å². The zero-order chi connectivity index (χ0) is 20.7. The van der Waals surface area contributed by atoms with Gasteiger partial charge in [0.25, 0.3) is 11.1 Å². The number of thioether (sulfide) groups is 1. The van der Waals surface area contributed by atoms with E-state index in [0.29, 0.717) is 22.6 Å². The number of benzene rings is 1. The maximum absolute atomic E-state index is 13.4. The van der Waals surface area contributed by atoms with Crippen molar-refractivity contribution in [3.05, 3.63) is 52.2 Å². The van der Waals surface area contributed by atoms with Crippen LogP contribution in [-0.4, -0.2) is 22.1 Å². The van der Waals surface area contributed by atoms with E-state index in [1.807, 2.05) is 0 Å². The Labute approximate surface area is 182 Å². The van der Waals surface area contributed by atoms with Crippen molar-refractivity contribution >= 4 is 29.0 Å². The van der Waals surface area contributed by atoms with E-state index in [9.17, 15) is 9.18 Å². The van der Waals surface area contributed by atoms with Gasteiger partial charge in [-0.15, -0.1) is 21.5 Å². The van der Waals surface area contributed by atoms with E-state index >= 15 is 0 Å². The molecule has 156 valence electrons. The molecule has 2 aliphatic rings. The second kappa shape index (κ2) is 8.15. The summed E-state index contributed by atoms with van der Waals surface area (Å²) < 4.78 is 19.3.